The van der Waals surface area contributed by atoms with Crippen LogP contribution in [0.25, 0.3) is 88.4 Å². The number of para-hydroxylation sites is 3. The zero-order chi connectivity index (χ0) is 33.5. The molecular weight excluding hydrogens is 615 g/mol. The Balaban J connectivity index is 1.21. The van der Waals surface area contributed by atoms with E-state index < -0.39 is 0 Å². The molecule has 0 aliphatic carbocycles. The first kappa shape index (κ1) is 28.3. The molecule has 0 spiro atoms. The van der Waals surface area contributed by atoms with E-state index in [1.54, 1.807) is 0 Å². The minimum atomic E-state index is 0.931. The predicted octanol–water partition coefficient (Wildman–Crippen LogP) is 10.6. The summed E-state index contributed by atoms with van der Waals surface area (Å²) in [5.74, 6) is 0. The Labute approximate surface area is 296 Å². The minimum Gasteiger partial charge on any atom is -0.310 e. The molecule has 3 heteroatoms. The third kappa shape index (κ3) is 4.19. The Morgan fingerprint density at radius 3 is 1.84 bits per heavy atom. The van der Waals surface area contributed by atoms with Crippen LogP contribution in [-0.4, -0.2) is 16.4 Å². The van der Waals surface area contributed by atoms with Gasteiger partial charge < -0.3 is 9.13 Å². The van der Waals surface area contributed by atoms with Crippen LogP contribution in [0, 0.1) is 0 Å². The number of hydrogen-bond donors (Lipinski definition) is 0. The van der Waals surface area contributed by atoms with Crippen LogP contribution >= 0.6 is 0 Å². The van der Waals surface area contributed by atoms with E-state index in [-0.39, 0.29) is 0 Å². The van der Waals surface area contributed by atoms with Crippen molar-refractivity contribution in [3.63, 3.8) is 0 Å². The average Bonchev–Trinajstić information content (AvgIpc) is 3.86. The topological polar surface area (TPSA) is 9.86 Å². The first-order valence-electron chi connectivity index (χ1n) is 17.7. The molecule has 3 heterocycles. The van der Waals surface area contributed by atoms with E-state index in [1.807, 2.05) is 0 Å². The van der Waals surface area contributed by atoms with Crippen molar-refractivity contribution in [2.75, 3.05) is 0 Å². The van der Waals surface area contributed by atoms with Gasteiger partial charge in [0, 0.05) is 38.4 Å². The summed E-state index contributed by atoms with van der Waals surface area (Å²) in [6.07, 6.45) is 0. The van der Waals surface area contributed by atoms with Crippen molar-refractivity contribution in [1.82, 2.24) is 9.13 Å². The molecule has 1 aliphatic heterocycles. The lowest BCUT2D eigenvalue weighted by Gasteiger charge is -2.15. The second-order valence-electron chi connectivity index (χ2n) is 13.7. The molecule has 0 bridgehead atoms. The summed E-state index contributed by atoms with van der Waals surface area (Å²) in [7, 11) is 0.931. The molecule has 11 rings (SSSR count). The van der Waals surface area contributed by atoms with Gasteiger partial charge in [-0.15, -0.1) is 0 Å². The molecule has 51 heavy (non-hydrogen) atoms. The third-order valence-corrected chi connectivity index (χ3v) is 10.9. The normalized spacial score (nSPS) is 12.1. The molecule has 1 aliphatic rings. The van der Waals surface area contributed by atoms with Crippen molar-refractivity contribution in [1.29, 1.82) is 0 Å². The molecule has 8 aromatic carbocycles. The van der Waals surface area contributed by atoms with Crippen LogP contribution in [0.5, 0.6) is 0 Å². The molecule has 0 saturated carbocycles. The van der Waals surface area contributed by atoms with Crippen molar-refractivity contribution in [2.45, 2.75) is 0 Å². The van der Waals surface area contributed by atoms with Gasteiger partial charge in [0.05, 0.1) is 16.6 Å². The molecule has 0 fully saturated rings. The standard InChI is InChI=1S/C48H31BN2/c1-3-14-31(15-4-1)32-16-13-19-35(28-32)50-43-24-11-8-21-37(43)40-29-33(26-27-45(40)50)39-30-41-36-20-7-10-23-42(36)49-47(41)48-46(39)38-22-9-12-25-44(38)51(48)34-17-5-2-6-18-34/h1-30,49H. The molecule has 0 unspecified atom stereocenters. The van der Waals surface area contributed by atoms with Crippen molar-refractivity contribution in [3.05, 3.63) is 182 Å². The Morgan fingerprint density at radius 2 is 1.00 bits per heavy atom. The lowest BCUT2D eigenvalue weighted by atomic mass is 9.67. The van der Waals surface area contributed by atoms with E-state index in [0.717, 1.165) is 13.0 Å². The summed E-state index contributed by atoms with van der Waals surface area (Å²) >= 11 is 0. The smallest absolute Gasteiger partial charge is 0.196 e. The van der Waals surface area contributed by atoms with Gasteiger partial charge in [0.2, 0.25) is 0 Å². The summed E-state index contributed by atoms with van der Waals surface area (Å²) in [5, 5.41) is 5.12. The van der Waals surface area contributed by atoms with Crippen LogP contribution in [0.4, 0.5) is 0 Å². The zero-order valence-electron chi connectivity index (χ0n) is 27.9. The lowest BCUT2D eigenvalue weighted by molar-refractivity contribution is 1.18. The molecule has 0 radical (unpaired) electrons. The van der Waals surface area contributed by atoms with E-state index in [2.05, 4.69) is 191 Å². The fraction of sp³-hybridized carbons (Fsp3) is 0. The Kier molecular flexibility index (Phi) is 6.08. The van der Waals surface area contributed by atoms with Crippen molar-refractivity contribution >= 4 is 61.8 Å². The van der Waals surface area contributed by atoms with Gasteiger partial charge in [-0.3, -0.25) is 0 Å². The van der Waals surface area contributed by atoms with Crippen LogP contribution in [0.15, 0.2) is 182 Å². The monoisotopic (exact) mass is 646 g/mol. The average molecular weight is 647 g/mol. The van der Waals surface area contributed by atoms with E-state index in [1.165, 1.54) is 93.6 Å². The number of fused-ring (bicyclic) bond motifs is 10. The molecule has 0 N–H and O–H groups in total. The SMILES string of the molecule is B1c2ccccc2-c2cc(-c3ccc4c(c3)c3ccccc3n4-c3cccc(-c4ccccc4)c3)c3c4ccccc4n(-c4ccccc4)c3c21. The highest BCUT2D eigenvalue weighted by atomic mass is 15.0. The van der Waals surface area contributed by atoms with Crippen LogP contribution in [-0.2, 0) is 0 Å². The molecule has 2 nitrogen and oxygen atoms in total. The fourth-order valence-corrected chi connectivity index (χ4v) is 8.72. The van der Waals surface area contributed by atoms with Gasteiger partial charge in [0.15, 0.2) is 7.28 Å². The van der Waals surface area contributed by atoms with Crippen LogP contribution < -0.4 is 10.9 Å². The van der Waals surface area contributed by atoms with Crippen molar-refractivity contribution in [2.24, 2.45) is 0 Å². The third-order valence-electron chi connectivity index (χ3n) is 10.9. The van der Waals surface area contributed by atoms with Gasteiger partial charge in [-0.1, -0.05) is 133 Å². The Hall–Kier alpha value is -6.58. The predicted molar refractivity (Wildman–Crippen MR) is 218 cm³/mol. The van der Waals surface area contributed by atoms with E-state index in [0.29, 0.717) is 0 Å². The summed E-state index contributed by atoms with van der Waals surface area (Å²) < 4.78 is 4.93. The van der Waals surface area contributed by atoms with Gasteiger partial charge >= 0.3 is 0 Å². The van der Waals surface area contributed by atoms with Crippen molar-refractivity contribution in [3.8, 4) is 44.8 Å². The number of rotatable bonds is 4. The lowest BCUT2D eigenvalue weighted by Crippen LogP contribution is -2.23. The molecule has 2 aromatic heterocycles. The molecule has 236 valence electrons. The summed E-state index contributed by atoms with van der Waals surface area (Å²) in [5.41, 5.74) is 17.8. The van der Waals surface area contributed by atoms with E-state index >= 15 is 0 Å². The van der Waals surface area contributed by atoms with Gasteiger partial charge in [0.25, 0.3) is 0 Å². The quantitative estimate of drug-likeness (QED) is 0.169. The first-order chi connectivity index (χ1) is 25.3. The van der Waals surface area contributed by atoms with Gasteiger partial charge in [-0.05, 0) is 93.4 Å². The first-order valence-corrected chi connectivity index (χ1v) is 17.7. The molecular formula is C48H31BN2. The summed E-state index contributed by atoms with van der Waals surface area (Å²) in [6.45, 7) is 0. The summed E-state index contributed by atoms with van der Waals surface area (Å²) in [6, 6.07) is 66.8. The van der Waals surface area contributed by atoms with Gasteiger partial charge in [-0.2, -0.15) is 0 Å². The highest BCUT2D eigenvalue weighted by Gasteiger charge is 2.28. The van der Waals surface area contributed by atoms with Gasteiger partial charge in [0.1, 0.15) is 0 Å². The highest BCUT2D eigenvalue weighted by molar-refractivity contribution is 6.76. The van der Waals surface area contributed by atoms with Crippen molar-refractivity contribution < 1.29 is 0 Å². The number of nitrogens with zero attached hydrogens (tertiary/aromatic N) is 2. The highest BCUT2D eigenvalue weighted by Crippen LogP contribution is 2.43. The van der Waals surface area contributed by atoms with Crippen LogP contribution in [0.1, 0.15) is 0 Å². The maximum Gasteiger partial charge on any atom is 0.196 e. The second-order valence-corrected chi connectivity index (χ2v) is 13.7. The molecule has 0 saturated heterocycles. The number of hydrogen-bond acceptors (Lipinski definition) is 0. The Morgan fingerprint density at radius 1 is 0.353 bits per heavy atom. The van der Waals surface area contributed by atoms with Crippen LogP contribution in [0.2, 0.25) is 0 Å². The van der Waals surface area contributed by atoms with E-state index in [9.17, 15) is 0 Å². The minimum absolute atomic E-state index is 0.931. The Bertz CT molecular complexity index is 2990. The van der Waals surface area contributed by atoms with Crippen LogP contribution in [0.3, 0.4) is 0 Å². The zero-order valence-corrected chi connectivity index (χ0v) is 27.9. The largest absolute Gasteiger partial charge is 0.310 e. The van der Waals surface area contributed by atoms with Gasteiger partial charge in [-0.25, -0.2) is 0 Å². The fourth-order valence-electron chi connectivity index (χ4n) is 8.72. The second kappa shape index (κ2) is 11.0. The number of benzene rings is 8. The molecule has 0 amide bonds. The molecule has 10 aromatic rings. The maximum atomic E-state index is 2.50. The molecule has 0 atom stereocenters. The number of aromatic nitrogens is 2. The maximum absolute atomic E-state index is 2.50. The summed E-state index contributed by atoms with van der Waals surface area (Å²) in [4.78, 5) is 0. The van der Waals surface area contributed by atoms with E-state index in [4.69, 9.17) is 0 Å².